The Morgan fingerprint density at radius 2 is 1.21 bits per heavy atom. The number of carbonyl (C=O) groups excluding carboxylic acids is 1. The van der Waals surface area contributed by atoms with E-state index >= 15 is 0 Å². The predicted molar refractivity (Wildman–Crippen MR) is 228 cm³/mol. The molecule has 382 valence electrons. The summed E-state index contributed by atoms with van der Waals surface area (Å²) in [5.41, 5.74) is -1.41. The van der Waals surface area contributed by atoms with Gasteiger partial charge in [-0.15, -0.1) is 0 Å². The lowest BCUT2D eigenvalue weighted by Crippen LogP contribution is -2.67. The summed E-state index contributed by atoms with van der Waals surface area (Å²) in [5, 5.41) is 149. The van der Waals surface area contributed by atoms with Crippen molar-refractivity contribution in [1.29, 1.82) is 0 Å². The second-order valence-corrected chi connectivity index (χ2v) is 16.1. The molecule has 1 aromatic heterocycles. The summed E-state index contributed by atoms with van der Waals surface area (Å²) in [6, 6.07) is 7.64. The Labute approximate surface area is 393 Å². The fraction of sp³-hybridized carbons (Fsp3) is 0.455. The third-order valence-electron chi connectivity index (χ3n) is 11.6. The molecule has 3 aliphatic rings. The molecular weight excluding hydrogens is 944 g/mol. The molecule has 3 fully saturated rings. The van der Waals surface area contributed by atoms with E-state index in [2.05, 4.69) is 0 Å². The van der Waals surface area contributed by atoms with Crippen LogP contribution in [0.15, 0.2) is 57.8 Å². The molecule has 0 unspecified atom stereocenters. The normalized spacial score (nSPS) is 31.4. The van der Waals surface area contributed by atoms with E-state index in [0.29, 0.717) is 5.56 Å². The molecule has 4 aromatic rings. The van der Waals surface area contributed by atoms with Crippen molar-refractivity contribution in [3.63, 3.8) is 0 Å². The Balaban J connectivity index is 1.17. The van der Waals surface area contributed by atoms with E-state index in [1.165, 1.54) is 32.4 Å². The first kappa shape index (κ1) is 51.8. The molecule has 70 heavy (non-hydrogen) atoms. The Kier molecular flexibility index (Phi) is 15.9. The zero-order chi connectivity index (χ0) is 50.9. The minimum atomic E-state index is -2.18. The molecule has 15 atom stereocenters. The van der Waals surface area contributed by atoms with Crippen LogP contribution in [0.4, 0.5) is 0 Å². The molecule has 0 saturated carbocycles. The first-order valence-electron chi connectivity index (χ1n) is 21.1. The van der Waals surface area contributed by atoms with Crippen LogP contribution in [0.2, 0.25) is 0 Å². The molecule has 0 aliphatic carbocycles. The van der Waals surface area contributed by atoms with Crippen LogP contribution in [0.3, 0.4) is 0 Å². The van der Waals surface area contributed by atoms with Crippen LogP contribution in [0.1, 0.15) is 5.56 Å². The quantitative estimate of drug-likeness (QED) is 0.0323. The van der Waals surface area contributed by atoms with E-state index < -0.39 is 169 Å². The lowest BCUT2D eigenvalue weighted by Gasteiger charge is -2.48. The van der Waals surface area contributed by atoms with E-state index in [-0.39, 0.29) is 22.8 Å². The molecule has 0 spiro atoms. The fourth-order valence-electron chi connectivity index (χ4n) is 7.82. The summed E-state index contributed by atoms with van der Waals surface area (Å²) in [4.78, 5) is 26.9. The molecular formula is C44H50O26. The number of hydrogen-bond acceptors (Lipinski definition) is 26. The molecule has 7 rings (SSSR count). The molecule has 26 nitrogen and oxygen atoms in total. The van der Waals surface area contributed by atoms with Crippen LogP contribution in [-0.4, -0.2) is 204 Å². The summed E-state index contributed by atoms with van der Waals surface area (Å²) in [7, 11) is 2.59. The van der Waals surface area contributed by atoms with Crippen LogP contribution < -0.4 is 19.6 Å². The van der Waals surface area contributed by atoms with E-state index in [9.17, 15) is 81.1 Å². The number of esters is 1. The fourth-order valence-corrected chi connectivity index (χ4v) is 7.82. The monoisotopic (exact) mass is 994 g/mol. The maximum Gasteiger partial charge on any atom is 0.330 e. The Morgan fingerprint density at radius 3 is 1.81 bits per heavy atom. The number of benzene rings is 3. The highest BCUT2D eigenvalue weighted by molar-refractivity contribution is 5.89. The van der Waals surface area contributed by atoms with Gasteiger partial charge in [-0.1, -0.05) is 0 Å². The number of hydrogen-bond donors (Lipinski definition) is 14. The minimum Gasteiger partial charge on any atom is -0.508 e. The van der Waals surface area contributed by atoms with Gasteiger partial charge in [-0.3, -0.25) is 4.79 Å². The lowest BCUT2D eigenvalue weighted by molar-refractivity contribution is -0.389. The van der Waals surface area contributed by atoms with Gasteiger partial charge in [-0.05, 0) is 42.0 Å². The second-order valence-electron chi connectivity index (χ2n) is 16.1. The average molecular weight is 995 g/mol. The largest absolute Gasteiger partial charge is 0.508 e. The number of methoxy groups -OCH3 is 2. The summed E-state index contributed by atoms with van der Waals surface area (Å²) >= 11 is 0. The molecule has 3 saturated heterocycles. The van der Waals surface area contributed by atoms with Crippen molar-refractivity contribution in [1.82, 2.24) is 0 Å². The van der Waals surface area contributed by atoms with Crippen LogP contribution in [-0.2, 0) is 33.2 Å². The van der Waals surface area contributed by atoms with E-state index in [1.54, 1.807) is 0 Å². The number of aliphatic hydroxyl groups is 9. The van der Waals surface area contributed by atoms with E-state index in [4.69, 9.17) is 47.0 Å². The van der Waals surface area contributed by atoms with Gasteiger partial charge in [0.2, 0.25) is 23.2 Å². The first-order valence-corrected chi connectivity index (χ1v) is 21.1. The average Bonchev–Trinajstić information content (AvgIpc) is 3.33. The van der Waals surface area contributed by atoms with Crippen molar-refractivity contribution in [3.8, 4) is 57.3 Å². The van der Waals surface area contributed by atoms with Gasteiger partial charge >= 0.3 is 5.97 Å². The Bertz CT molecular complexity index is 2560. The van der Waals surface area contributed by atoms with Gasteiger partial charge in [0, 0.05) is 23.8 Å². The number of phenols is 5. The zero-order valence-electron chi connectivity index (χ0n) is 36.6. The number of carbonyl (C=O) groups is 1. The van der Waals surface area contributed by atoms with Crippen molar-refractivity contribution in [2.24, 2.45) is 0 Å². The van der Waals surface area contributed by atoms with Gasteiger partial charge in [0.1, 0.15) is 96.2 Å². The zero-order valence-corrected chi connectivity index (χ0v) is 36.6. The third-order valence-corrected chi connectivity index (χ3v) is 11.6. The Morgan fingerprint density at radius 1 is 0.643 bits per heavy atom. The minimum absolute atomic E-state index is 0.0258. The lowest BCUT2D eigenvalue weighted by atomic mass is 9.96. The van der Waals surface area contributed by atoms with Crippen molar-refractivity contribution in [2.75, 3.05) is 34.0 Å². The highest BCUT2D eigenvalue weighted by atomic mass is 16.8. The topological polar surface area (TPSA) is 414 Å². The van der Waals surface area contributed by atoms with Gasteiger partial charge in [0.15, 0.2) is 47.4 Å². The van der Waals surface area contributed by atoms with Crippen LogP contribution in [0.25, 0.3) is 28.4 Å². The summed E-state index contributed by atoms with van der Waals surface area (Å²) in [6.07, 6.45) is -27.9. The van der Waals surface area contributed by atoms with Crippen molar-refractivity contribution in [3.05, 3.63) is 64.3 Å². The van der Waals surface area contributed by atoms with Gasteiger partial charge in [0.05, 0.1) is 27.4 Å². The molecule has 26 heteroatoms. The van der Waals surface area contributed by atoms with Crippen LogP contribution in [0.5, 0.6) is 46.0 Å². The van der Waals surface area contributed by atoms with Crippen molar-refractivity contribution < 1.29 is 123 Å². The molecule has 3 aliphatic heterocycles. The standard InChI is InChI=1S/C44H50O26/c1-61-22-7-15(8-23(62-2)29(22)52)3-6-27(51)63-14-26-32(55)34(57)37(60)42(67-26)69-40-35(58)30(53)25(13-46)66-44(40)70-41-36(59)31(54)24(12-45)65-43(41)68-39-33(56)28-20(50)10-17(47)11-21(28)64-38(39)16-4-5-18(48)19(49)9-16/h3-11,24-26,30-32,34-37,40-50,52-55,57-60H,12-14H2,1-2H3/t24-,25-,26-,30-,31-,32-,34+,35+,36+,37-,40-,41-,42+,43+,44+/m1/s1. The van der Waals surface area contributed by atoms with Crippen LogP contribution in [0, 0.1) is 0 Å². The highest BCUT2D eigenvalue weighted by Gasteiger charge is 2.55. The number of aromatic hydroxyl groups is 5. The van der Waals surface area contributed by atoms with Crippen LogP contribution >= 0.6 is 0 Å². The number of aliphatic hydroxyl groups excluding tert-OH is 9. The summed E-state index contributed by atoms with van der Waals surface area (Å²) < 4.78 is 56.2. The highest BCUT2D eigenvalue weighted by Crippen LogP contribution is 2.41. The molecule has 0 radical (unpaired) electrons. The molecule has 4 heterocycles. The third kappa shape index (κ3) is 10.4. The Hall–Kier alpha value is -6.08. The smallest absolute Gasteiger partial charge is 0.330 e. The van der Waals surface area contributed by atoms with Gasteiger partial charge in [-0.25, -0.2) is 4.79 Å². The SMILES string of the molecule is COc1cc(C=CC(=O)OC[C@H]2O[C@@H](O[C@H]3[C@H](O[C@H]4[C@H](Oc5c(-c6ccc(O)c(O)c6)oc6cc(O)cc(O)c6c5=O)O[C@H](CO)[C@@H](O)[C@@H]4O)O[C@H](CO)[C@@H](O)[C@@H]3O)[C@H](O)[C@@H](O)[C@@H]2O)cc(OC)c1O. The molecule has 0 bridgehead atoms. The maximum atomic E-state index is 14.2. The number of fused-ring (bicyclic) bond motifs is 1. The predicted octanol–water partition coefficient (Wildman–Crippen LogP) is -2.90. The molecule has 0 amide bonds. The first-order chi connectivity index (χ1) is 33.3. The van der Waals surface area contributed by atoms with Crippen molar-refractivity contribution >= 4 is 23.0 Å². The van der Waals surface area contributed by atoms with Crippen molar-refractivity contribution in [2.45, 2.75) is 92.1 Å². The summed E-state index contributed by atoms with van der Waals surface area (Å²) in [6.45, 7) is -2.77. The number of rotatable bonds is 15. The summed E-state index contributed by atoms with van der Waals surface area (Å²) in [5.74, 6) is -5.30. The van der Waals surface area contributed by atoms with Gasteiger partial charge in [0.25, 0.3) is 0 Å². The van der Waals surface area contributed by atoms with Gasteiger partial charge < -0.3 is 119 Å². The van der Waals surface area contributed by atoms with E-state index in [1.807, 2.05) is 0 Å². The maximum absolute atomic E-state index is 14.2. The number of ether oxygens (including phenoxy) is 9. The van der Waals surface area contributed by atoms with E-state index in [0.717, 1.165) is 36.4 Å². The number of phenolic OH excluding ortho intramolecular Hbond substituents is 5. The molecule has 14 N–H and O–H groups in total. The van der Waals surface area contributed by atoms with Gasteiger partial charge in [-0.2, -0.15) is 0 Å². The molecule has 3 aromatic carbocycles. The second kappa shape index (κ2) is 21.5.